The molecule has 21 heavy (non-hydrogen) atoms. The first-order valence-corrected chi connectivity index (χ1v) is 6.65. The number of pyridine rings is 1. The van der Waals surface area contributed by atoms with Gasteiger partial charge in [0.05, 0.1) is 0 Å². The lowest BCUT2D eigenvalue weighted by Gasteiger charge is -2.07. The third-order valence-corrected chi connectivity index (χ3v) is 3.00. The van der Waals surface area contributed by atoms with E-state index in [2.05, 4.69) is 15.6 Å². The molecule has 106 valence electrons. The first kappa shape index (κ1) is 14.5. The van der Waals surface area contributed by atoms with Crippen molar-refractivity contribution in [3.63, 3.8) is 0 Å². The summed E-state index contributed by atoms with van der Waals surface area (Å²) in [5, 5.41) is 14.6. The number of rotatable bonds is 5. The van der Waals surface area contributed by atoms with Gasteiger partial charge in [0, 0.05) is 19.2 Å². The van der Waals surface area contributed by atoms with Gasteiger partial charge in [-0.3, -0.25) is 4.79 Å². The van der Waals surface area contributed by atoms with Crippen LogP contribution >= 0.6 is 0 Å². The van der Waals surface area contributed by atoms with E-state index in [-0.39, 0.29) is 5.91 Å². The van der Waals surface area contributed by atoms with E-state index >= 15 is 0 Å². The van der Waals surface area contributed by atoms with Gasteiger partial charge in [-0.1, -0.05) is 18.2 Å². The maximum Gasteiger partial charge on any atom is 0.251 e. The first-order chi connectivity index (χ1) is 10.2. The molecule has 1 aromatic carbocycles. The maximum absolute atomic E-state index is 11.6. The zero-order valence-corrected chi connectivity index (χ0v) is 11.8. The van der Waals surface area contributed by atoms with Gasteiger partial charge in [0.15, 0.2) is 0 Å². The highest BCUT2D eigenvalue weighted by atomic mass is 16.1. The predicted molar refractivity (Wildman–Crippen MR) is 81.0 cm³/mol. The fourth-order valence-corrected chi connectivity index (χ4v) is 1.94. The van der Waals surface area contributed by atoms with E-state index in [9.17, 15) is 4.79 Å². The zero-order valence-electron chi connectivity index (χ0n) is 11.8. The second-order valence-corrected chi connectivity index (χ2v) is 4.48. The zero-order chi connectivity index (χ0) is 15.1. The van der Waals surface area contributed by atoms with E-state index in [1.165, 1.54) is 0 Å². The van der Waals surface area contributed by atoms with Crippen molar-refractivity contribution in [3.05, 3.63) is 59.3 Å². The fraction of sp³-hybridized carbons (Fsp3) is 0.188. The Morgan fingerprint density at radius 2 is 2.10 bits per heavy atom. The van der Waals surface area contributed by atoms with Gasteiger partial charge in [0.2, 0.25) is 0 Å². The number of carbonyl (C=O) groups excluding carboxylic acids is 1. The molecule has 5 heteroatoms. The molecule has 2 aromatic rings. The molecule has 1 heterocycles. The minimum Gasteiger partial charge on any atom is -0.370 e. The molecule has 0 atom stereocenters. The molecule has 0 aliphatic heterocycles. The van der Waals surface area contributed by atoms with Gasteiger partial charge < -0.3 is 10.6 Å². The molecular formula is C16H16N4O. The number of nitrogens with zero attached hydrogens (tertiary/aromatic N) is 2. The van der Waals surface area contributed by atoms with E-state index in [0.29, 0.717) is 23.6 Å². The first-order valence-electron chi connectivity index (χ1n) is 6.65. The van der Waals surface area contributed by atoms with Crippen LogP contribution in [0.15, 0.2) is 42.5 Å². The number of amides is 1. The number of nitriles is 1. The molecular weight excluding hydrogens is 264 g/mol. The summed E-state index contributed by atoms with van der Waals surface area (Å²) in [6, 6.07) is 14.8. The largest absolute Gasteiger partial charge is 0.370 e. The van der Waals surface area contributed by atoms with Crippen LogP contribution in [0.25, 0.3) is 0 Å². The number of anilines is 1. The Morgan fingerprint density at radius 3 is 2.86 bits per heavy atom. The van der Waals surface area contributed by atoms with Crippen LogP contribution in [-0.2, 0) is 6.42 Å². The quantitative estimate of drug-likeness (QED) is 0.877. The lowest BCUT2D eigenvalue weighted by molar-refractivity contribution is 0.0963. The summed E-state index contributed by atoms with van der Waals surface area (Å²) in [5.41, 5.74) is 2.11. The van der Waals surface area contributed by atoms with Crippen molar-refractivity contribution in [1.29, 1.82) is 5.26 Å². The SMILES string of the molecule is CNC(=O)c1cccc(CCNc2cccc(C#N)n2)c1. The highest BCUT2D eigenvalue weighted by Crippen LogP contribution is 2.08. The van der Waals surface area contributed by atoms with E-state index in [1.54, 1.807) is 25.2 Å². The summed E-state index contributed by atoms with van der Waals surface area (Å²) in [6.45, 7) is 0.680. The summed E-state index contributed by atoms with van der Waals surface area (Å²) in [6.07, 6.45) is 0.767. The Balaban J connectivity index is 1.94. The van der Waals surface area contributed by atoms with Gasteiger partial charge in [-0.05, 0) is 36.2 Å². The standard InChI is InChI=1S/C16H16N4O/c1-18-16(21)13-5-2-4-12(10-13)8-9-19-15-7-3-6-14(11-17)20-15/h2-7,10H,8-9H2,1H3,(H,18,21)(H,19,20). The predicted octanol–water partition coefficient (Wildman–Crippen LogP) is 1.97. The maximum atomic E-state index is 11.6. The Morgan fingerprint density at radius 1 is 1.29 bits per heavy atom. The van der Waals surface area contributed by atoms with Crippen molar-refractivity contribution >= 4 is 11.7 Å². The molecule has 0 unspecified atom stereocenters. The van der Waals surface area contributed by atoms with Gasteiger partial charge in [-0.15, -0.1) is 0 Å². The lowest BCUT2D eigenvalue weighted by Crippen LogP contribution is -2.18. The molecule has 0 saturated heterocycles. The molecule has 0 bridgehead atoms. The van der Waals surface area contributed by atoms with Crippen LogP contribution in [0.2, 0.25) is 0 Å². The molecule has 0 saturated carbocycles. The van der Waals surface area contributed by atoms with Gasteiger partial charge in [-0.2, -0.15) is 5.26 Å². The highest BCUT2D eigenvalue weighted by molar-refractivity contribution is 5.94. The molecule has 5 nitrogen and oxygen atoms in total. The molecule has 0 spiro atoms. The number of nitrogens with one attached hydrogen (secondary N) is 2. The summed E-state index contributed by atoms with van der Waals surface area (Å²) in [5.74, 6) is 0.588. The normalized spacial score (nSPS) is 9.71. The number of hydrogen-bond acceptors (Lipinski definition) is 4. The van der Waals surface area contributed by atoms with E-state index in [4.69, 9.17) is 5.26 Å². The number of aromatic nitrogens is 1. The van der Waals surface area contributed by atoms with Crippen LogP contribution in [0.5, 0.6) is 0 Å². The Kier molecular flexibility index (Phi) is 4.89. The van der Waals surface area contributed by atoms with Crippen LogP contribution in [0.4, 0.5) is 5.82 Å². The number of carbonyl (C=O) groups is 1. The van der Waals surface area contributed by atoms with E-state index in [0.717, 1.165) is 12.0 Å². The summed E-state index contributed by atoms with van der Waals surface area (Å²) in [4.78, 5) is 15.7. The molecule has 2 rings (SSSR count). The van der Waals surface area contributed by atoms with Crippen molar-refractivity contribution in [2.75, 3.05) is 18.9 Å². The Bertz CT molecular complexity index is 676. The second-order valence-electron chi connectivity index (χ2n) is 4.48. The highest BCUT2D eigenvalue weighted by Gasteiger charge is 2.03. The van der Waals surface area contributed by atoms with Gasteiger partial charge in [-0.25, -0.2) is 4.98 Å². The van der Waals surface area contributed by atoms with Gasteiger partial charge in [0.25, 0.3) is 5.91 Å². The summed E-state index contributed by atoms with van der Waals surface area (Å²) < 4.78 is 0. The van der Waals surface area contributed by atoms with Crippen LogP contribution < -0.4 is 10.6 Å². The van der Waals surface area contributed by atoms with Crippen LogP contribution in [0.1, 0.15) is 21.6 Å². The minimum atomic E-state index is -0.0896. The monoisotopic (exact) mass is 280 g/mol. The van der Waals surface area contributed by atoms with Gasteiger partial charge in [0.1, 0.15) is 17.6 Å². The molecule has 1 amide bonds. The summed E-state index contributed by atoms with van der Waals surface area (Å²) >= 11 is 0. The lowest BCUT2D eigenvalue weighted by atomic mass is 10.1. The van der Waals surface area contributed by atoms with Crippen molar-refractivity contribution in [2.24, 2.45) is 0 Å². The number of hydrogen-bond donors (Lipinski definition) is 2. The van der Waals surface area contributed by atoms with E-state index in [1.807, 2.05) is 30.3 Å². The Labute approximate surface area is 123 Å². The minimum absolute atomic E-state index is 0.0896. The van der Waals surface area contributed by atoms with Crippen molar-refractivity contribution < 1.29 is 4.79 Å². The average molecular weight is 280 g/mol. The van der Waals surface area contributed by atoms with E-state index < -0.39 is 0 Å². The average Bonchev–Trinajstić information content (AvgIpc) is 2.54. The topological polar surface area (TPSA) is 77.8 Å². The molecule has 1 aromatic heterocycles. The third kappa shape index (κ3) is 4.05. The summed E-state index contributed by atoms with van der Waals surface area (Å²) in [7, 11) is 1.62. The number of benzene rings is 1. The molecule has 0 fully saturated rings. The third-order valence-electron chi connectivity index (χ3n) is 3.00. The van der Waals surface area contributed by atoms with Crippen molar-refractivity contribution in [2.45, 2.75) is 6.42 Å². The fourth-order valence-electron chi connectivity index (χ4n) is 1.94. The Hall–Kier alpha value is -2.87. The van der Waals surface area contributed by atoms with Crippen molar-refractivity contribution in [1.82, 2.24) is 10.3 Å². The van der Waals surface area contributed by atoms with Crippen LogP contribution in [0.3, 0.4) is 0 Å². The second kappa shape index (κ2) is 7.06. The molecule has 2 N–H and O–H groups in total. The van der Waals surface area contributed by atoms with Crippen LogP contribution in [-0.4, -0.2) is 24.5 Å². The molecule has 0 radical (unpaired) electrons. The van der Waals surface area contributed by atoms with Crippen molar-refractivity contribution in [3.8, 4) is 6.07 Å². The molecule has 0 aliphatic carbocycles. The smallest absolute Gasteiger partial charge is 0.251 e. The van der Waals surface area contributed by atoms with Crippen LogP contribution in [0, 0.1) is 11.3 Å². The molecule has 0 aliphatic rings. The van der Waals surface area contributed by atoms with Gasteiger partial charge >= 0.3 is 0 Å².